The number of aliphatic carboxylic acids is 1. The van der Waals surface area contributed by atoms with E-state index in [9.17, 15) is 28.8 Å². The average molecular weight is 761 g/mol. The second-order valence-electron chi connectivity index (χ2n) is 10.1. The summed E-state index contributed by atoms with van der Waals surface area (Å²) in [7, 11) is 2.67. The van der Waals surface area contributed by atoms with Crippen molar-refractivity contribution in [2.75, 3.05) is 31.9 Å². The van der Waals surface area contributed by atoms with Crippen molar-refractivity contribution in [1.29, 1.82) is 0 Å². The molecule has 0 unspecified atom stereocenters. The van der Waals surface area contributed by atoms with Gasteiger partial charge < -0.3 is 35.3 Å². The molecule has 0 bridgehead atoms. The van der Waals surface area contributed by atoms with E-state index in [4.69, 9.17) is 19.3 Å². The Kier molecular flexibility index (Phi) is 15.5. The van der Waals surface area contributed by atoms with E-state index in [0.29, 0.717) is 10.6 Å². The van der Waals surface area contributed by atoms with Gasteiger partial charge in [0.2, 0.25) is 11.8 Å². The highest BCUT2D eigenvalue weighted by atomic mass is 127. The molecule has 0 aliphatic heterocycles. The summed E-state index contributed by atoms with van der Waals surface area (Å²) in [5.74, 6) is -4.76. The Morgan fingerprint density at radius 1 is 0.933 bits per heavy atom. The van der Waals surface area contributed by atoms with Gasteiger partial charge >= 0.3 is 11.9 Å². The Morgan fingerprint density at radius 2 is 1.51 bits per heavy atom. The average Bonchev–Trinajstić information content (AvgIpc) is 3.45. The number of esters is 1. The highest BCUT2D eigenvalue weighted by Gasteiger charge is 2.42. The Morgan fingerprint density at radius 3 is 2.02 bits per heavy atom. The van der Waals surface area contributed by atoms with E-state index >= 15 is 0 Å². The summed E-state index contributed by atoms with van der Waals surface area (Å²) in [6.07, 6.45) is 0.499. The SMILES string of the molecule is COC[C@H](NC(=O)c1cnc(C)s1)C(=O)N[C@@H](COC)C(=O)N[C@@H](Cc1ccccc1)C(=O)[C@@](C)(CI)OC(=O)CCC(=O)O. The summed E-state index contributed by atoms with van der Waals surface area (Å²) >= 11 is 3.02. The van der Waals surface area contributed by atoms with E-state index in [2.05, 4.69) is 20.9 Å². The van der Waals surface area contributed by atoms with Gasteiger partial charge in [0.25, 0.3) is 5.91 Å². The molecule has 0 aliphatic rings. The van der Waals surface area contributed by atoms with Crippen LogP contribution in [-0.2, 0) is 44.6 Å². The first-order valence-corrected chi connectivity index (χ1v) is 16.1. The van der Waals surface area contributed by atoms with Crippen molar-refractivity contribution >= 4 is 69.4 Å². The van der Waals surface area contributed by atoms with E-state index in [1.165, 1.54) is 27.3 Å². The number of nitrogens with one attached hydrogen (secondary N) is 3. The van der Waals surface area contributed by atoms with Crippen LogP contribution in [0.15, 0.2) is 36.5 Å². The van der Waals surface area contributed by atoms with Gasteiger partial charge in [-0.05, 0) is 25.8 Å². The molecular formula is C29H37IN4O10S. The molecule has 1 aromatic carbocycles. The van der Waals surface area contributed by atoms with Crippen LogP contribution in [0.2, 0.25) is 0 Å². The molecule has 4 atom stereocenters. The molecule has 0 saturated heterocycles. The first-order chi connectivity index (χ1) is 21.3. The maximum absolute atomic E-state index is 13.9. The summed E-state index contributed by atoms with van der Waals surface area (Å²) in [5, 5.41) is 17.3. The number of alkyl halides is 1. The van der Waals surface area contributed by atoms with Gasteiger partial charge in [-0.2, -0.15) is 0 Å². The minimum absolute atomic E-state index is 0.0134. The first-order valence-electron chi connectivity index (χ1n) is 13.7. The number of methoxy groups -OCH3 is 2. The molecule has 16 heteroatoms. The van der Waals surface area contributed by atoms with E-state index in [1.54, 1.807) is 37.3 Å². The fourth-order valence-corrected chi connectivity index (χ4v) is 5.23. The third-order valence-electron chi connectivity index (χ3n) is 6.34. The summed E-state index contributed by atoms with van der Waals surface area (Å²) in [4.78, 5) is 80.9. The summed E-state index contributed by atoms with van der Waals surface area (Å²) in [5.41, 5.74) is -1.01. The van der Waals surface area contributed by atoms with Crippen LogP contribution in [0, 0.1) is 6.92 Å². The number of amides is 3. The molecular weight excluding hydrogens is 723 g/mol. The number of rotatable bonds is 19. The quantitative estimate of drug-likeness (QED) is 0.0913. The van der Waals surface area contributed by atoms with E-state index in [0.717, 1.165) is 11.3 Å². The number of ether oxygens (including phenoxy) is 3. The maximum atomic E-state index is 13.9. The van der Waals surface area contributed by atoms with Gasteiger partial charge in [-0.3, -0.25) is 28.8 Å². The van der Waals surface area contributed by atoms with Gasteiger partial charge in [-0.1, -0.05) is 52.9 Å². The molecule has 0 fully saturated rings. The standard InChI is InChI=1S/C29H37IN4O10S/c1-17-31-13-22(45-17)28(41)34-21(15-43-4)27(40)33-20(14-42-3)26(39)32-19(12-18-8-6-5-7-9-18)25(38)29(2,16-30)44-24(37)11-10-23(35)36/h5-9,13,19-21H,10-12,14-16H2,1-4H3,(H,32,39)(H,33,40)(H,34,41)(H,35,36)/t19-,20-,21-,29+/m0/s1. The van der Waals surface area contributed by atoms with Gasteiger partial charge in [0.1, 0.15) is 17.0 Å². The zero-order valence-corrected chi connectivity index (χ0v) is 28.3. The molecule has 1 heterocycles. The predicted octanol–water partition coefficient (Wildman–Crippen LogP) is 1.23. The number of hydrogen-bond acceptors (Lipinski definition) is 11. The topological polar surface area (TPSA) is 199 Å². The Hall–Kier alpha value is -3.48. The Labute approximate surface area is 278 Å². The molecule has 14 nitrogen and oxygen atoms in total. The van der Waals surface area contributed by atoms with Crippen LogP contribution in [0.25, 0.3) is 0 Å². The summed E-state index contributed by atoms with van der Waals surface area (Å²) in [6.45, 7) is 2.64. The number of carbonyl (C=O) groups excluding carboxylic acids is 5. The number of thiazole rings is 1. The molecule has 2 rings (SSSR count). The minimum Gasteiger partial charge on any atom is -0.481 e. The first kappa shape index (κ1) is 37.7. The van der Waals surface area contributed by atoms with Crippen molar-refractivity contribution in [2.24, 2.45) is 0 Å². The lowest BCUT2D eigenvalue weighted by atomic mass is 9.92. The van der Waals surface area contributed by atoms with Crippen molar-refractivity contribution in [3.8, 4) is 0 Å². The second-order valence-corrected chi connectivity index (χ2v) is 12.1. The van der Waals surface area contributed by atoms with Crippen molar-refractivity contribution in [3.05, 3.63) is 52.0 Å². The van der Waals surface area contributed by atoms with Crippen LogP contribution in [0.4, 0.5) is 0 Å². The van der Waals surface area contributed by atoms with E-state index < -0.39 is 72.0 Å². The molecule has 0 radical (unpaired) electrons. The lowest BCUT2D eigenvalue weighted by Gasteiger charge is -2.31. The Balaban J connectivity index is 2.27. The van der Waals surface area contributed by atoms with Gasteiger partial charge in [0, 0.05) is 18.6 Å². The summed E-state index contributed by atoms with van der Waals surface area (Å²) < 4.78 is 15.7. The molecule has 4 N–H and O–H groups in total. The molecule has 2 aromatic rings. The maximum Gasteiger partial charge on any atom is 0.307 e. The Bertz CT molecular complexity index is 1340. The lowest BCUT2D eigenvalue weighted by Crippen LogP contribution is -2.60. The highest BCUT2D eigenvalue weighted by Crippen LogP contribution is 2.21. The third kappa shape index (κ3) is 12.1. The monoisotopic (exact) mass is 760 g/mol. The van der Waals surface area contributed by atoms with Crippen LogP contribution >= 0.6 is 33.9 Å². The van der Waals surface area contributed by atoms with Crippen molar-refractivity contribution < 1.29 is 48.1 Å². The van der Waals surface area contributed by atoms with Crippen LogP contribution in [-0.4, -0.2) is 101 Å². The van der Waals surface area contributed by atoms with Gasteiger partial charge in [-0.25, -0.2) is 4.98 Å². The number of benzene rings is 1. The largest absolute Gasteiger partial charge is 0.481 e. The molecule has 3 amide bonds. The normalized spacial score (nSPS) is 14.2. The smallest absolute Gasteiger partial charge is 0.307 e. The van der Waals surface area contributed by atoms with Crippen molar-refractivity contribution in [2.45, 2.75) is 56.8 Å². The molecule has 0 aliphatic carbocycles. The summed E-state index contributed by atoms with van der Waals surface area (Å²) in [6, 6.07) is 5.13. The zero-order chi connectivity index (χ0) is 33.6. The van der Waals surface area contributed by atoms with E-state index in [1.807, 2.05) is 22.6 Å². The molecule has 45 heavy (non-hydrogen) atoms. The van der Waals surface area contributed by atoms with Crippen LogP contribution < -0.4 is 16.0 Å². The number of carbonyl (C=O) groups is 6. The van der Waals surface area contributed by atoms with Gasteiger partial charge in [-0.15, -0.1) is 11.3 Å². The fourth-order valence-electron chi connectivity index (χ4n) is 4.02. The zero-order valence-electron chi connectivity index (χ0n) is 25.3. The number of aromatic nitrogens is 1. The fraction of sp³-hybridized carbons (Fsp3) is 0.483. The number of Topliss-reactive ketones (excluding diaryl/α,β-unsaturated/α-hetero) is 1. The highest BCUT2D eigenvalue weighted by molar-refractivity contribution is 14.1. The molecule has 246 valence electrons. The molecule has 1 aromatic heterocycles. The van der Waals surface area contributed by atoms with Crippen LogP contribution in [0.3, 0.4) is 0 Å². The van der Waals surface area contributed by atoms with Crippen LogP contribution in [0.1, 0.15) is 40.0 Å². The number of nitrogens with zero attached hydrogens (tertiary/aromatic N) is 1. The van der Waals surface area contributed by atoms with Crippen LogP contribution in [0.5, 0.6) is 0 Å². The molecule has 0 saturated carbocycles. The number of halogens is 1. The number of ketones is 1. The predicted molar refractivity (Wildman–Crippen MR) is 171 cm³/mol. The molecule has 0 spiro atoms. The van der Waals surface area contributed by atoms with E-state index in [-0.39, 0.29) is 28.9 Å². The third-order valence-corrected chi connectivity index (χ3v) is 8.71. The van der Waals surface area contributed by atoms with Crippen molar-refractivity contribution in [1.82, 2.24) is 20.9 Å². The number of hydrogen-bond donors (Lipinski definition) is 4. The number of carboxylic acid groups (broad SMARTS) is 1. The lowest BCUT2D eigenvalue weighted by molar-refractivity contribution is -0.165. The minimum atomic E-state index is -1.70. The van der Waals surface area contributed by atoms with Gasteiger partial charge in [0.05, 0.1) is 43.3 Å². The number of aryl methyl sites for hydroxylation is 1. The van der Waals surface area contributed by atoms with Crippen molar-refractivity contribution in [3.63, 3.8) is 0 Å². The second kappa shape index (κ2) is 18.5. The van der Waals surface area contributed by atoms with Gasteiger partial charge in [0.15, 0.2) is 11.4 Å². The number of carboxylic acids is 1.